The molecule has 1 aliphatic heterocycles. The summed E-state index contributed by atoms with van der Waals surface area (Å²) < 4.78 is 5.25. The molecule has 0 saturated carbocycles. The second-order valence-electron chi connectivity index (χ2n) is 4.59. The summed E-state index contributed by atoms with van der Waals surface area (Å²) in [5.74, 6) is 0.202. The van der Waals surface area contributed by atoms with Gasteiger partial charge in [-0.2, -0.15) is 5.26 Å². The lowest BCUT2D eigenvalue weighted by Crippen LogP contribution is -2.42. The third-order valence-electron chi connectivity index (χ3n) is 3.46. The van der Waals surface area contributed by atoms with Gasteiger partial charge < -0.3 is 9.84 Å². The van der Waals surface area contributed by atoms with Gasteiger partial charge in [0.05, 0.1) is 17.6 Å². The summed E-state index contributed by atoms with van der Waals surface area (Å²) in [7, 11) is 0. The van der Waals surface area contributed by atoms with Crippen molar-refractivity contribution in [3.63, 3.8) is 0 Å². The summed E-state index contributed by atoms with van der Waals surface area (Å²) in [6.07, 6.45) is 2.85. The van der Waals surface area contributed by atoms with Gasteiger partial charge in [0, 0.05) is 13.2 Å². The Kier molecular flexibility index (Phi) is 4.56. The predicted octanol–water partition coefficient (Wildman–Crippen LogP) is 2.10. The molecule has 0 amide bonds. The van der Waals surface area contributed by atoms with E-state index < -0.39 is 11.5 Å². The highest BCUT2D eigenvalue weighted by Crippen LogP contribution is 2.37. The normalized spacial score (nSPS) is 24.1. The average Bonchev–Trinajstić information content (AvgIpc) is 2.29. The van der Waals surface area contributed by atoms with Crippen LogP contribution in [0.1, 0.15) is 39.5 Å². The molecule has 3 nitrogen and oxygen atoms in total. The lowest BCUT2D eigenvalue weighted by atomic mass is 9.71. The Labute approximate surface area is 92.0 Å². The molecule has 0 bridgehead atoms. The largest absolute Gasteiger partial charge is 0.391 e. The zero-order valence-corrected chi connectivity index (χ0v) is 9.70. The molecule has 0 aromatic heterocycles. The molecule has 0 aromatic carbocycles. The van der Waals surface area contributed by atoms with Crippen LogP contribution in [-0.4, -0.2) is 24.4 Å². The van der Waals surface area contributed by atoms with Crippen LogP contribution in [0.15, 0.2) is 0 Å². The minimum absolute atomic E-state index is 0.202. The van der Waals surface area contributed by atoms with Crippen LogP contribution >= 0.6 is 0 Å². The molecule has 1 fully saturated rings. The lowest BCUT2D eigenvalue weighted by molar-refractivity contribution is -0.0526. The Morgan fingerprint density at radius 3 is 2.53 bits per heavy atom. The predicted molar refractivity (Wildman–Crippen MR) is 58.2 cm³/mol. The van der Waals surface area contributed by atoms with E-state index in [2.05, 4.69) is 13.0 Å². The highest BCUT2D eigenvalue weighted by atomic mass is 16.5. The van der Waals surface area contributed by atoms with Crippen LogP contribution in [0.3, 0.4) is 0 Å². The molecule has 1 aliphatic rings. The molecule has 1 rings (SSSR count). The van der Waals surface area contributed by atoms with Crippen LogP contribution in [0.2, 0.25) is 0 Å². The highest BCUT2D eigenvalue weighted by molar-refractivity contribution is 5.05. The topological polar surface area (TPSA) is 53.2 Å². The van der Waals surface area contributed by atoms with E-state index in [1.165, 1.54) is 0 Å². The molecular weight excluding hydrogens is 190 g/mol. The molecule has 0 spiro atoms. The zero-order chi connectivity index (χ0) is 11.3. The fourth-order valence-corrected chi connectivity index (χ4v) is 2.37. The lowest BCUT2D eigenvalue weighted by Gasteiger charge is -2.37. The molecule has 1 heterocycles. The highest BCUT2D eigenvalue weighted by Gasteiger charge is 2.42. The van der Waals surface area contributed by atoms with E-state index >= 15 is 0 Å². The minimum atomic E-state index is -0.563. The summed E-state index contributed by atoms with van der Waals surface area (Å²) in [6.45, 7) is 5.34. The first-order valence-corrected chi connectivity index (χ1v) is 5.83. The summed E-state index contributed by atoms with van der Waals surface area (Å²) in [5.41, 5.74) is -0.563. The van der Waals surface area contributed by atoms with Gasteiger partial charge in [-0.15, -0.1) is 0 Å². The van der Waals surface area contributed by atoms with Crippen molar-refractivity contribution >= 4 is 0 Å². The quantitative estimate of drug-likeness (QED) is 0.774. The second kappa shape index (κ2) is 5.48. The average molecular weight is 211 g/mol. The van der Waals surface area contributed by atoms with Gasteiger partial charge in [-0.3, -0.25) is 0 Å². The molecule has 2 atom stereocenters. The van der Waals surface area contributed by atoms with Crippen molar-refractivity contribution in [2.45, 2.75) is 45.6 Å². The number of nitrogens with zero attached hydrogens (tertiary/aromatic N) is 1. The first kappa shape index (κ1) is 12.5. The fraction of sp³-hybridized carbons (Fsp3) is 0.917. The fourth-order valence-electron chi connectivity index (χ4n) is 2.37. The summed E-state index contributed by atoms with van der Waals surface area (Å²) in [6, 6.07) is 2.33. The van der Waals surface area contributed by atoms with Gasteiger partial charge in [-0.05, 0) is 25.2 Å². The standard InChI is InChI=1S/C12H21NO2/c1-3-4-10(2)11(14)12(9-13)5-7-15-8-6-12/h10-11,14H,3-8H2,1-2H3. The van der Waals surface area contributed by atoms with Gasteiger partial charge >= 0.3 is 0 Å². The van der Waals surface area contributed by atoms with Crippen LogP contribution in [-0.2, 0) is 4.74 Å². The maximum Gasteiger partial charge on any atom is 0.0878 e. The van der Waals surface area contributed by atoms with E-state index in [4.69, 9.17) is 4.74 Å². The monoisotopic (exact) mass is 211 g/mol. The summed E-state index contributed by atoms with van der Waals surface area (Å²) >= 11 is 0. The van der Waals surface area contributed by atoms with Crippen molar-refractivity contribution in [2.24, 2.45) is 11.3 Å². The second-order valence-corrected chi connectivity index (χ2v) is 4.59. The first-order chi connectivity index (χ1) is 7.16. The van der Waals surface area contributed by atoms with Gasteiger partial charge in [-0.1, -0.05) is 20.3 Å². The van der Waals surface area contributed by atoms with Gasteiger partial charge in [-0.25, -0.2) is 0 Å². The van der Waals surface area contributed by atoms with Crippen LogP contribution in [0.5, 0.6) is 0 Å². The van der Waals surface area contributed by atoms with Crippen molar-refractivity contribution in [3.8, 4) is 6.07 Å². The maximum atomic E-state index is 10.2. The SMILES string of the molecule is CCCC(C)C(O)C1(C#N)CCOCC1. The van der Waals surface area contributed by atoms with E-state index in [0.717, 1.165) is 12.8 Å². The molecule has 2 unspecified atom stereocenters. The van der Waals surface area contributed by atoms with E-state index in [9.17, 15) is 10.4 Å². The van der Waals surface area contributed by atoms with Crippen LogP contribution in [0.25, 0.3) is 0 Å². The smallest absolute Gasteiger partial charge is 0.0878 e. The van der Waals surface area contributed by atoms with Gasteiger partial charge in [0.1, 0.15) is 0 Å². The molecule has 15 heavy (non-hydrogen) atoms. The van der Waals surface area contributed by atoms with Crippen LogP contribution in [0, 0.1) is 22.7 Å². The first-order valence-electron chi connectivity index (χ1n) is 5.83. The number of aliphatic hydroxyl groups is 1. The van der Waals surface area contributed by atoms with Crippen molar-refractivity contribution < 1.29 is 9.84 Å². The Morgan fingerprint density at radius 2 is 2.07 bits per heavy atom. The maximum absolute atomic E-state index is 10.2. The number of ether oxygens (including phenoxy) is 1. The molecular formula is C12H21NO2. The van der Waals surface area contributed by atoms with E-state index in [1.807, 2.05) is 6.92 Å². The van der Waals surface area contributed by atoms with Gasteiger partial charge in [0.15, 0.2) is 0 Å². The van der Waals surface area contributed by atoms with Crippen LogP contribution < -0.4 is 0 Å². The third kappa shape index (κ3) is 2.70. The molecule has 1 saturated heterocycles. The Balaban J connectivity index is 2.68. The molecule has 0 radical (unpaired) electrons. The van der Waals surface area contributed by atoms with Crippen molar-refractivity contribution in [1.29, 1.82) is 5.26 Å². The van der Waals surface area contributed by atoms with Crippen molar-refractivity contribution in [2.75, 3.05) is 13.2 Å². The van der Waals surface area contributed by atoms with Crippen LogP contribution in [0.4, 0.5) is 0 Å². The molecule has 86 valence electrons. The number of rotatable bonds is 4. The van der Waals surface area contributed by atoms with E-state index in [-0.39, 0.29) is 5.92 Å². The minimum Gasteiger partial charge on any atom is -0.391 e. The summed E-state index contributed by atoms with van der Waals surface area (Å²) in [5, 5.41) is 19.5. The molecule has 0 aromatic rings. The Hall–Kier alpha value is -0.590. The molecule has 0 aliphatic carbocycles. The molecule has 3 heteroatoms. The summed E-state index contributed by atoms with van der Waals surface area (Å²) in [4.78, 5) is 0. The Morgan fingerprint density at radius 1 is 1.47 bits per heavy atom. The van der Waals surface area contributed by atoms with Gasteiger partial charge in [0.25, 0.3) is 0 Å². The van der Waals surface area contributed by atoms with E-state index in [1.54, 1.807) is 0 Å². The van der Waals surface area contributed by atoms with Crippen molar-refractivity contribution in [3.05, 3.63) is 0 Å². The van der Waals surface area contributed by atoms with Crippen molar-refractivity contribution in [1.82, 2.24) is 0 Å². The van der Waals surface area contributed by atoms with E-state index in [0.29, 0.717) is 26.1 Å². The molecule has 1 N–H and O–H groups in total. The number of aliphatic hydroxyl groups excluding tert-OH is 1. The number of nitriles is 1. The third-order valence-corrected chi connectivity index (χ3v) is 3.46. The Bertz CT molecular complexity index is 228. The van der Waals surface area contributed by atoms with Gasteiger partial charge in [0.2, 0.25) is 0 Å². The number of hydrogen-bond donors (Lipinski definition) is 1. The zero-order valence-electron chi connectivity index (χ0n) is 9.70. The number of hydrogen-bond acceptors (Lipinski definition) is 3.